The molecule has 3 nitrogen and oxygen atoms in total. The first-order valence-corrected chi connectivity index (χ1v) is 6.85. The largest absolute Gasteiger partial charge is 0.274 e. The minimum Gasteiger partial charge on any atom is -0.274 e. The highest BCUT2D eigenvalue weighted by Crippen LogP contribution is 2.27. The number of imide groups is 1. The van der Waals surface area contributed by atoms with E-state index in [-0.39, 0.29) is 18.2 Å². The van der Waals surface area contributed by atoms with E-state index >= 15 is 0 Å². The monoisotopic (exact) mass is 277 g/mol. The summed E-state index contributed by atoms with van der Waals surface area (Å²) in [5.74, 6) is -0.404. The summed E-state index contributed by atoms with van der Waals surface area (Å²) in [5, 5.41) is 0. The molecule has 1 aliphatic heterocycles. The maximum Gasteiger partial charge on any atom is 0.261 e. The molecule has 3 rings (SSSR count). The number of nitrogens with zero attached hydrogens (tertiary/aromatic N) is 1. The average Bonchev–Trinajstić information content (AvgIpc) is 2.76. The minimum atomic E-state index is -0.229. The third-order valence-electron chi connectivity index (χ3n) is 3.50. The van der Waals surface area contributed by atoms with E-state index in [0.717, 1.165) is 11.1 Å². The van der Waals surface area contributed by atoms with Crippen LogP contribution in [0, 0.1) is 6.92 Å². The summed E-state index contributed by atoms with van der Waals surface area (Å²) in [4.78, 5) is 25.8. The van der Waals surface area contributed by atoms with Gasteiger partial charge in [0.05, 0.1) is 12.1 Å². The molecule has 0 bridgehead atoms. The standard InChI is InChI=1S/C18H15NO2/c1-13-7-9-16(10-8-13)19-17(20)12-15(18(19)21)11-14-5-3-2-4-6-14/h2-11H,12H2,1H3. The van der Waals surface area contributed by atoms with Gasteiger partial charge in [-0.2, -0.15) is 0 Å². The van der Waals surface area contributed by atoms with Gasteiger partial charge in [-0.25, -0.2) is 4.90 Å². The number of hydrogen-bond acceptors (Lipinski definition) is 2. The molecular formula is C18H15NO2. The van der Waals surface area contributed by atoms with Crippen molar-refractivity contribution in [1.82, 2.24) is 0 Å². The summed E-state index contributed by atoms with van der Waals surface area (Å²) in [6.07, 6.45) is 1.94. The van der Waals surface area contributed by atoms with Gasteiger partial charge in [-0.1, -0.05) is 48.0 Å². The van der Waals surface area contributed by atoms with Gasteiger partial charge in [0.2, 0.25) is 5.91 Å². The molecule has 0 radical (unpaired) electrons. The molecule has 1 fully saturated rings. The first-order chi connectivity index (χ1) is 10.1. The third-order valence-corrected chi connectivity index (χ3v) is 3.50. The number of aryl methyl sites for hydroxylation is 1. The van der Waals surface area contributed by atoms with Crippen LogP contribution in [0.2, 0.25) is 0 Å². The highest BCUT2D eigenvalue weighted by atomic mass is 16.2. The maximum atomic E-state index is 12.4. The second-order valence-electron chi connectivity index (χ2n) is 5.13. The molecule has 2 amide bonds. The summed E-state index contributed by atoms with van der Waals surface area (Å²) in [7, 11) is 0. The van der Waals surface area contributed by atoms with Gasteiger partial charge >= 0.3 is 0 Å². The number of rotatable bonds is 2. The van der Waals surface area contributed by atoms with E-state index in [9.17, 15) is 9.59 Å². The molecule has 21 heavy (non-hydrogen) atoms. The van der Waals surface area contributed by atoms with Gasteiger partial charge in [-0.05, 0) is 30.7 Å². The van der Waals surface area contributed by atoms with Crippen LogP contribution in [0.15, 0.2) is 60.2 Å². The molecule has 2 aromatic rings. The molecule has 1 saturated heterocycles. The predicted octanol–water partition coefficient (Wildman–Crippen LogP) is 3.34. The molecule has 0 N–H and O–H groups in total. The highest BCUT2D eigenvalue weighted by Gasteiger charge is 2.34. The lowest BCUT2D eigenvalue weighted by Gasteiger charge is -2.13. The Morgan fingerprint density at radius 2 is 1.62 bits per heavy atom. The zero-order valence-corrected chi connectivity index (χ0v) is 11.7. The molecule has 2 aromatic carbocycles. The number of benzene rings is 2. The fraction of sp³-hybridized carbons (Fsp3) is 0.111. The third kappa shape index (κ3) is 2.63. The van der Waals surface area contributed by atoms with Crippen molar-refractivity contribution in [2.45, 2.75) is 13.3 Å². The van der Waals surface area contributed by atoms with Crippen molar-refractivity contribution in [3.05, 3.63) is 71.3 Å². The highest BCUT2D eigenvalue weighted by molar-refractivity contribution is 6.29. The Morgan fingerprint density at radius 1 is 0.952 bits per heavy atom. The number of anilines is 1. The van der Waals surface area contributed by atoms with Gasteiger partial charge in [0.1, 0.15) is 0 Å². The maximum absolute atomic E-state index is 12.4. The summed E-state index contributed by atoms with van der Waals surface area (Å²) in [6.45, 7) is 1.97. The summed E-state index contributed by atoms with van der Waals surface area (Å²) >= 11 is 0. The second kappa shape index (κ2) is 5.37. The van der Waals surface area contributed by atoms with Gasteiger partial charge in [0, 0.05) is 5.57 Å². The van der Waals surface area contributed by atoms with Crippen LogP contribution >= 0.6 is 0 Å². The van der Waals surface area contributed by atoms with E-state index < -0.39 is 0 Å². The van der Waals surface area contributed by atoms with Crippen LogP contribution in [0.5, 0.6) is 0 Å². The summed E-state index contributed by atoms with van der Waals surface area (Å²) in [6, 6.07) is 17.0. The van der Waals surface area contributed by atoms with Crippen molar-refractivity contribution in [2.75, 3.05) is 4.90 Å². The Hall–Kier alpha value is -2.68. The number of amides is 2. The second-order valence-corrected chi connectivity index (χ2v) is 5.13. The predicted molar refractivity (Wildman–Crippen MR) is 82.7 cm³/mol. The molecule has 0 aromatic heterocycles. The van der Waals surface area contributed by atoms with Crippen molar-refractivity contribution in [3.8, 4) is 0 Å². The molecular weight excluding hydrogens is 262 g/mol. The summed E-state index contributed by atoms with van der Waals surface area (Å²) in [5.41, 5.74) is 3.19. The molecule has 0 aliphatic carbocycles. The van der Waals surface area contributed by atoms with Crippen LogP contribution in [0.4, 0.5) is 5.69 Å². The van der Waals surface area contributed by atoms with Crippen LogP contribution in [0.25, 0.3) is 6.08 Å². The Labute approximate surface area is 123 Å². The molecule has 1 heterocycles. The lowest BCUT2D eigenvalue weighted by atomic mass is 10.1. The Balaban J connectivity index is 1.92. The van der Waals surface area contributed by atoms with E-state index in [1.165, 1.54) is 4.90 Å². The Kier molecular flexibility index (Phi) is 3.40. The average molecular weight is 277 g/mol. The van der Waals surface area contributed by atoms with Crippen LogP contribution in [-0.4, -0.2) is 11.8 Å². The van der Waals surface area contributed by atoms with Crippen LogP contribution < -0.4 is 4.90 Å². The van der Waals surface area contributed by atoms with Crippen molar-refractivity contribution in [3.63, 3.8) is 0 Å². The Bertz CT molecular complexity index is 715. The fourth-order valence-corrected chi connectivity index (χ4v) is 2.39. The van der Waals surface area contributed by atoms with Crippen molar-refractivity contribution in [1.29, 1.82) is 0 Å². The normalized spacial score (nSPS) is 16.8. The molecule has 104 valence electrons. The van der Waals surface area contributed by atoms with Gasteiger partial charge < -0.3 is 0 Å². The smallest absolute Gasteiger partial charge is 0.261 e. The van der Waals surface area contributed by atoms with Gasteiger partial charge in [0.15, 0.2) is 0 Å². The van der Waals surface area contributed by atoms with Crippen LogP contribution in [-0.2, 0) is 9.59 Å². The zero-order chi connectivity index (χ0) is 14.8. The molecule has 0 unspecified atom stereocenters. The van der Waals surface area contributed by atoms with Crippen molar-refractivity contribution < 1.29 is 9.59 Å². The first kappa shape index (κ1) is 13.3. The van der Waals surface area contributed by atoms with E-state index in [1.807, 2.05) is 49.4 Å². The lowest BCUT2D eigenvalue weighted by Crippen LogP contribution is -2.28. The molecule has 0 atom stereocenters. The first-order valence-electron chi connectivity index (χ1n) is 6.85. The van der Waals surface area contributed by atoms with Gasteiger partial charge in [-0.3, -0.25) is 9.59 Å². The summed E-state index contributed by atoms with van der Waals surface area (Å²) < 4.78 is 0. The van der Waals surface area contributed by atoms with Gasteiger partial charge in [0.25, 0.3) is 5.91 Å². The number of hydrogen-bond donors (Lipinski definition) is 0. The topological polar surface area (TPSA) is 37.4 Å². The fourth-order valence-electron chi connectivity index (χ4n) is 2.39. The van der Waals surface area contributed by atoms with E-state index in [1.54, 1.807) is 18.2 Å². The van der Waals surface area contributed by atoms with Crippen LogP contribution in [0.1, 0.15) is 17.5 Å². The lowest BCUT2D eigenvalue weighted by molar-refractivity contribution is -0.120. The van der Waals surface area contributed by atoms with E-state index in [0.29, 0.717) is 11.3 Å². The van der Waals surface area contributed by atoms with Crippen molar-refractivity contribution in [2.24, 2.45) is 0 Å². The minimum absolute atomic E-state index is 0.154. The molecule has 0 spiro atoms. The SMILES string of the molecule is Cc1ccc(N2C(=O)CC(=Cc3ccccc3)C2=O)cc1. The van der Waals surface area contributed by atoms with E-state index in [4.69, 9.17) is 0 Å². The number of carbonyl (C=O) groups is 2. The quantitative estimate of drug-likeness (QED) is 0.623. The Morgan fingerprint density at radius 3 is 2.29 bits per heavy atom. The van der Waals surface area contributed by atoms with E-state index in [2.05, 4.69) is 0 Å². The van der Waals surface area contributed by atoms with Crippen LogP contribution in [0.3, 0.4) is 0 Å². The molecule has 0 saturated carbocycles. The zero-order valence-electron chi connectivity index (χ0n) is 11.7. The van der Waals surface area contributed by atoms with Gasteiger partial charge in [-0.15, -0.1) is 0 Å². The molecule has 1 aliphatic rings. The number of carbonyl (C=O) groups excluding carboxylic acids is 2. The molecule has 3 heteroatoms. The van der Waals surface area contributed by atoms with Crippen molar-refractivity contribution >= 4 is 23.6 Å².